The molecule has 2 rings (SSSR count). The molecule has 1 aromatic rings. The van der Waals surface area contributed by atoms with E-state index in [9.17, 15) is 0 Å². The molecule has 0 aromatic heterocycles. The summed E-state index contributed by atoms with van der Waals surface area (Å²) in [5, 5.41) is 0. The molecule has 0 amide bonds. The van der Waals surface area contributed by atoms with Gasteiger partial charge in [-0.3, -0.25) is 0 Å². The van der Waals surface area contributed by atoms with Crippen LogP contribution < -0.4 is 10.5 Å². The van der Waals surface area contributed by atoms with E-state index in [4.69, 9.17) is 10.5 Å². The summed E-state index contributed by atoms with van der Waals surface area (Å²) < 4.78 is 7.03. The Balaban J connectivity index is 2.16. The molecule has 0 unspecified atom stereocenters. The molecule has 0 atom stereocenters. The van der Waals surface area contributed by atoms with E-state index in [1.807, 2.05) is 0 Å². The van der Waals surface area contributed by atoms with E-state index in [0.29, 0.717) is 0 Å². The molecular weight excluding hydrogens is 278 g/mol. The second-order valence-electron chi connectivity index (χ2n) is 5.35. The van der Waals surface area contributed by atoms with Crippen molar-refractivity contribution in [2.75, 3.05) is 6.54 Å². The number of halogens is 1. The van der Waals surface area contributed by atoms with Crippen molar-refractivity contribution < 1.29 is 4.74 Å². The van der Waals surface area contributed by atoms with E-state index in [1.165, 1.54) is 11.1 Å². The number of hydrogen-bond donors (Lipinski definition) is 1. The van der Waals surface area contributed by atoms with Gasteiger partial charge < -0.3 is 10.5 Å². The van der Waals surface area contributed by atoms with Crippen LogP contribution in [0.5, 0.6) is 5.75 Å². The lowest BCUT2D eigenvalue weighted by Gasteiger charge is -2.17. The second kappa shape index (κ2) is 4.99. The molecule has 2 nitrogen and oxygen atoms in total. The van der Waals surface area contributed by atoms with Crippen LogP contribution in [0.3, 0.4) is 0 Å². The first-order chi connectivity index (χ1) is 8.02. The van der Waals surface area contributed by atoms with Crippen LogP contribution in [0.2, 0.25) is 0 Å². The van der Waals surface area contributed by atoms with Crippen LogP contribution in [0, 0.1) is 0 Å². The molecule has 1 aliphatic rings. The highest BCUT2D eigenvalue weighted by molar-refractivity contribution is 9.10. The zero-order chi connectivity index (χ0) is 12.5. The highest BCUT2D eigenvalue weighted by Gasteiger charge is 2.31. The average Bonchev–Trinajstić information content (AvgIpc) is 2.54. The Morgan fingerprint density at radius 1 is 1.35 bits per heavy atom. The van der Waals surface area contributed by atoms with Crippen LogP contribution in [-0.2, 0) is 12.8 Å². The third-order valence-corrected chi connectivity index (χ3v) is 3.68. The van der Waals surface area contributed by atoms with Crippen molar-refractivity contribution in [1.29, 1.82) is 0 Å². The normalized spacial score (nSPS) is 16.7. The zero-order valence-corrected chi connectivity index (χ0v) is 12.1. The first-order valence-corrected chi connectivity index (χ1v) is 7.01. The van der Waals surface area contributed by atoms with Crippen molar-refractivity contribution in [3.8, 4) is 5.75 Å². The molecule has 1 aromatic carbocycles. The number of rotatable bonds is 4. The van der Waals surface area contributed by atoms with E-state index in [0.717, 1.165) is 42.5 Å². The first-order valence-electron chi connectivity index (χ1n) is 6.22. The van der Waals surface area contributed by atoms with Gasteiger partial charge in [0.05, 0.1) is 4.47 Å². The highest BCUT2D eigenvalue weighted by Crippen LogP contribution is 2.41. The van der Waals surface area contributed by atoms with Gasteiger partial charge in [0.2, 0.25) is 0 Å². The number of ether oxygens (including phenoxy) is 1. The first kappa shape index (κ1) is 12.9. The van der Waals surface area contributed by atoms with E-state index in [1.54, 1.807) is 0 Å². The molecule has 0 spiro atoms. The Kier molecular flexibility index (Phi) is 3.79. The highest BCUT2D eigenvalue weighted by atomic mass is 79.9. The Bertz CT molecular complexity index is 415. The smallest absolute Gasteiger partial charge is 0.137 e. The van der Waals surface area contributed by atoms with Gasteiger partial charge in [-0.1, -0.05) is 6.07 Å². The van der Waals surface area contributed by atoms with Crippen LogP contribution in [0.1, 0.15) is 37.8 Å². The van der Waals surface area contributed by atoms with E-state index in [-0.39, 0.29) is 5.60 Å². The number of aryl methyl sites for hydroxylation is 1. The number of fused-ring (bicyclic) bond motifs is 1. The molecule has 17 heavy (non-hydrogen) atoms. The number of unbranched alkanes of at least 4 members (excludes halogenated alkanes) is 1. The Morgan fingerprint density at radius 2 is 2.12 bits per heavy atom. The van der Waals surface area contributed by atoms with Gasteiger partial charge in [0.1, 0.15) is 11.4 Å². The molecule has 0 radical (unpaired) electrons. The molecule has 0 saturated heterocycles. The van der Waals surface area contributed by atoms with Crippen LogP contribution in [-0.4, -0.2) is 12.1 Å². The van der Waals surface area contributed by atoms with Crippen molar-refractivity contribution in [1.82, 2.24) is 0 Å². The maximum absolute atomic E-state index is 5.94. The van der Waals surface area contributed by atoms with Crippen molar-refractivity contribution in [2.45, 2.75) is 45.1 Å². The zero-order valence-electron chi connectivity index (χ0n) is 10.6. The lowest BCUT2D eigenvalue weighted by molar-refractivity contribution is 0.137. The fourth-order valence-electron chi connectivity index (χ4n) is 2.35. The van der Waals surface area contributed by atoms with Gasteiger partial charge in [-0.25, -0.2) is 0 Å². The van der Waals surface area contributed by atoms with Gasteiger partial charge in [-0.2, -0.15) is 0 Å². The predicted octanol–water partition coefficient (Wildman–Crippen LogP) is 3.44. The van der Waals surface area contributed by atoms with Gasteiger partial charge in [0.15, 0.2) is 0 Å². The van der Waals surface area contributed by atoms with Crippen molar-refractivity contribution in [3.05, 3.63) is 27.7 Å². The quantitative estimate of drug-likeness (QED) is 0.864. The molecule has 0 bridgehead atoms. The fraction of sp³-hybridized carbons (Fsp3) is 0.571. The van der Waals surface area contributed by atoms with Crippen LogP contribution in [0.25, 0.3) is 0 Å². The maximum atomic E-state index is 5.94. The maximum Gasteiger partial charge on any atom is 0.137 e. The molecule has 2 N–H and O–H groups in total. The Hall–Kier alpha value is -0.540. The SMILES string of the molecule is CC1(C)Cc2cc(CCCCN)cc(Br)c2O1. The van der Waals surface area contributed by atoms with Crippen LogP contribution in [0.4, 0.5) is 0 Å². The third kappa shape index (κ3) is 3.02. The van der Waals surface area contributed by atoms with E-state index >= 15 is 0 Å². The lowest BCUT2D eigenvalue weighted by Crippen LogP contribution is -2.24. The molecule has 0 fully saturated rings. The number of nitrogens with two attached hydrogens (primary N) is 1. The molecular formula is C14H20BrNO. The van der Waals surface area contributed by atoms with Crippen molar-refractivity contribution in [2.24, 2.45) is 5.73 Å². The lowest BCUT2D eigenvalue weighted by atomic mass is 9.98. The monoisotopic (exact) mass is 297 g/mol. The van der Waals surface area contributed by atoms with Crippen LogP contribution in [0.15, 0.2) is 16.6 Å². The Morgan fingerprint density at radius 3 is 2.82 bits per heavy atom. The molecule has 3 heteroatoms. The summed E-state index contributed by atoms with van der Waals surface area (Å²) in [5.74, 6) is 1.03. The summed E-state index contributed by atoms with van der Waals surface area (Å²) in [5.41, 5.74) is 8.16. The second-order valence-corrected chi connectivity index (χ2v) is 6.20. The van der Waals surface area contributed by atoms with Gasteiger partial charge in [-0.05, 0) is 72.8 Å². The Labute approximate surface area is 112 Å². The summed E-state index contributed by atoms with van der Waals surface area (Å²) in [6, 6.07) is 4.46. The molecule has 1 aliphatic heterocycles. The van der Waals surface area contributed by atoms with E-state index in [2.05, 4.69) is 41.9 Å². The van der Waals surface area contributed by atoms with Gasteiger partial charge in [-0.15, -0.1) is 0 Å². The summed E-state index contributed by atoms with van der Waals surface area (Å²) in [4.78, 5) is 0. The molecule has 1 heterocycles. The summed E-state index contributed by atoms with van der Waals surface area (Å²) >= 11 is 3.61. The summed E-state index contributed by atoms with van der Waals surface area (Å²) in [6.07, 6.45) is 4.35. The summed E-state index contributed by atoms with van der Waals surface area (Å²) in [7, 11) is 0. The van der Waals surface area contributed by atoms with Gasteiger partial charge in [0.25, 0.3) is 0 Å². The van der Waals surface area contributed by atoms with Crippen LogP contribution >= 0.6 is 15.9 Å². The van der Waals surface area contributed by atoms with Gasteiger partial charge in [0, 0.05) is 6.42 Å². The largest absolute Gasteiger partial charge is 0.486 e. The molecule has 0 aliphatic carbocycles. The predicted molar refractivity (Wildman–Crippen MR) is 74.5 cm³/mol. The fourth-order valence-corrected chi connectivity index (χ4v) is 2.98. The minimum Gasteiger partial charge on any atom is -0.486 e. The standard InChI is InChI=1S/C14H20BrNO/c1-14(2)9-11-7-10(5-3-4-6-16)8-12(15)13(11)17-14/h7-8H,3-6,9,16H2,1-2H3. The topological polar surface area (TPSA) is 35.2 Å². The van der Waals surface area contributed by atoms with Crippen molar-refractivity contribution >= 4 is 15.9 Å². The number of hydrogen-bond acceptors (Lipinski definition) is 2. The minimum absolute atomic E-state index is 0.0687. The van der Waals surface area contributed by atoms with Gasteiger partial charge >= 0.3 is 0 Å². The van der Waals surface area contributed by atoms with Crippen molar-refractivity contribution in [3.63, 3.8) is 0 Å². The third-order valence-electron chi connectivity index (χ3n) is 3.09. The molecule has 94 valence electrons. The average molecular weight is 298 g/mol. The van der Waals surface area contributed by atoms with E-state index < -0.39 is 0 Å². The minimum atomic E-state index is -0.0687. The summed E-state index contributed by atoms with van der Waals surface area (Å²) in [6.45, 7) is 5.04. The molecule has 0 saturated carbocycles. The number of benzene rings is 1.